The van der Waals surface area contributed by atoms with Crippen LogP contribution in [-0.4, -0.2) is 17.0 Å². The molecule has 5 heteroatoms. The molecular weight excluding hydrogens is 256 g/mol. The number of urea groups is 1. The van der Waals surface area contributed by atoms with Crippen molar-refractivity contribution in [1.29, 1.82) is 0 Å². The highest BCUT2D eigenvalue weighted by Crippen LogP contribution is 2.33. The van der Waals surface area contributed by atoms with Gasteiger partial charge in [0.25, 0.3) is 5.91 Å². The second kappa shape index (κ2) is 4.38. The van der Waals surface area contributed by atoms with Crippen molar-refractivity contribution in [3.05, 3.63) is 65.7 Å². The maximum atomic E-state index is 12.3. The zero-order valence-corrected chi connectivity index (χ0v) is 10.5. The maximum absolute atomic E-state index is 12.3. The number of hydrogen-bond donors (Lipinski definition) is 3. The van der Waals surface area contributed by atoms with E-state index >= 15 is 0 Å². The summed E-state index contributed by atoms with van der Waals surface area (Å²) in [6, 6.07) is 14.7. The van der Waals surface area contributed by atoms with Crippen LogP contribution in [0.25, 0.3) is 0 Å². The van der Waals surface area contributed by atoms with Gasteiger partial charge in [-0.2, -0.15) is 0 Å². The van der Waals surface area contributed by atoms with E-state index in [0.29, 0.717) is 11.1 Å². The van der Waals surface area contributed by atoms with E-state index in [4.69, 9.17) is 0 Å². The molecule has 1 fully saturated rings. The Morgan fingerprint density at radius 1 is 0.900 bits per heavy atom. The summed E-state index contributed by atoms with van der Waals surface area (Å²) in [5.41, 5.74) is -0.169. The van der Waals surface area contributed by atoms with Crippen LogP contribution in [-0.2, 0) is 10.3 Å². The van der Waals surface area contributed by atoms with Crippen LogP contribution in [0.4, 0.5) is 4.79 Å². The number of imide groups is 1. The summed E-state index contributed by atoms with van der Waals surface area (Å²) in [6.07, 6.45) is 0. The lowest BCUT2D eigenvalue weighted by molar-refractivity contribution is -0.122. The fraction of sp³-hybridized carbons (Fsp3) is 0.0667. The third kappa shape index (κ3) is 1.72. The largest absolute Gasteiger partial charge is 0.508 e. The quantitative estimate of drug-likeness (QED) is 0.722. The van der Waals surface area contributed by atoms with Gasteiger partial charge in [-0.3, -0.25) is 10.1 Å². The first-order valence-electron chi connectivity index (χ1n) is 6.11. The van der Waals surface area contributed by atoms with Crippen LogP contribution >= 0.6 is 0 Å². The number of phenolic OH excluding ortho intramolecular Hbond substituents is 1. The van der Waals surface area contributed by atoms with Gasteiger partial charge < -0.3 is 10.4 Å². The normalized spacial score (nSPS) is 21.4. The van der Waals surface area contributed by atoms with Crippen molar-refractivity contribution >= 4 is 11.9 Å². The lowest BCUT2D eigenvalue weighted by Crippen LogP contribution is -2.44. The molecule has 5 nitrogen and oxygen atoms in total. The van der Waals surface area contributed by atoms with Crippen molar-refractivity contribution in [2.45, 2.75) is 5.54 Å². The van der Waals surface area contributed by atoms with Gasteiger partial charge in [0.05, 0.1) is 0 Å². The molecule has 3 rings (SSSR count). The second-order valence-electron chi connectivity index (χ2n) is 4.57. The van der Waals surface area contributed by atoms with Crippen LogP contribution in [0.1, 0.15) is 11.1 Å². The summed E-state index contributed by atoms with van der Waals surface area (Å²) in [4.78, 5) is 23.9. The Bertz CT molecular complexity index is 685. The number of benzene rings is 2. The Morgan fingerprint density at radius 2 is 1.60 bits per heavy atom. The molecule has 0 radical (unpaired) electrons. The number of hydrogen-bond acceptors (Lipinski definition) is 3. The molecule has 100 valence electrons. The Balaban J connectivity index is 2.24. The Morgan fingerprint density at radius 3 is 2.20 bits per heavy atom. The van der Waals surface area contributed by atoms with Gasteiger partial charge in [-0.05, 0) is 23.3 Å². The van der Waals surface area contributed by atoms with Crippen LogP contribution in [0.2, 0.25) is 0 Å². The lowest BCUT2D eigenvalue weighted by atomic mass is 9.83. The Labute approximate surface area is 115 Å². The van der Waals surface area contributed by atoms with Gasteiger partial charge in [0.2, 0.25) is 0 Å². The topological polar surface area (TPSA) is 78.4 Å². The van der Waals surface area contributed by atoms with Gasteiger partial charge in [-0.15, -0.1) is 0 Å². The summed E-state index contributed by atoms with van der Waals surface area (Å²) in [6.45, 7) is 0. The van der Waals surface area contributed by atoms with Crippen molar-refractivity contribution in [3.8, 4) is 5.75 Å². The van der Waals surface area contributed by atoms with Gasteiger partial charge in [-0.1, -0.05) is 42.5 Å². The van der Waals surface area contributed by atoms with Crippen molar-refractivity contribution in [1.82, 2.24) is 10.6 Å². The first-order chi connectivity index (χ1) is 9.63. The van der Waals surface area contributed by atoms with Crippen molar-refractivity contribution < 1.29 is 14.7 Å². The molecule has 1 unspecified atom stereocenters. The molecule has 20 heavy (non-hydrogen) atoms. The Hall–Kier alpha value is -2.82. The lowest BCUT2D eigenvalue weighted by Gasteiger charge is -2.27. The van der Waals surface area contributed by atoms with E-state index < -0.39 is 17.5 Å². The highest BCUT2D eigenvalue weighted by molar-refractivity contribution is 6.09. The van der Waals surface area contributed by atoms with Gasteiger partial charge in [0.15, 0.2) is 5.54 Å². The standard InChI is InChI=1S/C15H12N2O3/c18-12-8-4-7-11(9-12)15(10-5-2-1-3-6-10)13(19)16-14(20)17-15/h1-9,18H,(H2,16,17,19,20). The van der Waals surface area contributed by atoms with Crippen LogP contribution < -0.4 is 10.6 Å². The number of aromatic hydroxyl groups is 1. The van der Waals surface area contributed by atoms with Gasteiger partial charge in [0, 0.05) is 0 Å². The van der Waals surface area contributed by atoms with Crippen molar-refractivity contribution in [2.75, 3.05) is 0 Å². The van der Waals surface area contributed by atoms with Crippen molar-refractivity contribution in [2.24, 2.45) is 0 Å². The monoisotopic (exact) mass is 268 g/mol. The second-order valence-corrected chi connectivity index (χ2v) is 4.57. The summed E-state index contributed by atoms with van der Waals surface area (Å²) >= 11 is 0. The zero-order chi connectivity index (χ0) is 14.2. The smallest absolute Gasteiger partial charge is 0.322 e. The van der Waals surface area contributed by atoms with E-state index in [0.717, 1.165) is 0 Å². The molecule has 3 amide bonds. The molecule has 3 N–H and O–H groups in total. The maximum Gasteiger partial charge on any atom is 0.322 e. The highest BCUT2D eigenvalue weighted by atomic mass is 16.3. The van der Waals surface area contributed by atoms with Gasteiger partial charge in [-0.25, -0.2) is 4.79 Å². The average Bonchev–Trinajstić information content (AvgIpc) is 2.75. The third-order valence-corrected chi connectivity index (χ3v) is 3.35. The third-order valence-electron chi connectivity index (χ3n) is 3.35. The summed E-state index contributed by atoms with van der Waals surface area (Å²) in [5, 5.41) is 14.6. The predicted octanol–water partition coefficient (Wildman–Crippen LogP) is 1.48. The molecule has 2 aromatic rings. The predicted molar refractivity (Wildman–Crippen MR) is 72.0 cm³/mol. The van der Waals surface area contributed by atoms with Crippen LogP contribution in [0.5, 0.6) is 5.75 Å². The van der Waals surface area contributed by atoms with E-state index in [1.807, 2.05) is 6.07 Å². The van der Waals surface area contributed by atoms with E-state index in [9.17, 15) is 14.7 Å². The molecule has 0 bridgehead atoms. The SMILES string of the molecule is O=C1NC(=O)C(c2ccccc2)(c2cccc(O)c2)N1. The summed E-state index contributed by atoms with van der Waals surface area (Å²) in [7, 11) is 0. The molecule has 0 aliphatic carbocycles. The van der Waals surface area contributed by atoms with E-state index in [-0.39, 0.29) is 5.75 Å². The van der Waals surface area contributed by atoms with Crippen LogP contribution in [0.15, 0.2) is 54.6 Å². The minimum absolute atomic E-state index is 0.0340. The summed E-state index contributed by atoms with van der Waals surface area (Å²) < 4.78 is 0. The fourth-order valence-electron chi connectivity index (χ4n) is 2.46. The number of nitrogens with one attached hydrogen (secondary N) is 2. The number of carbonyl (C=O) groups is 2. The molecule has 1 saturated heterocycles. The molecule has 0 aromatic heterocycles. The zero-order valence-electron chi connectivity index (χ0n) is 10.5. The average molecular weight is 268 g/mol. The summed E-state index contributed by atoms with van der Waals surface area (Å²) in [5.74, 6) is -0.425. The molecule has 1 aliphatic heterocycles. The van der Waals surface area contributed by atoms with Crippen LogP contribution in [0, 0.1) is 0 Å². The van der Waals surface area contributed by atoms with Gasteiger partial charge in [0.1, 0.15) is 5.75 Å². The molecule has 0 spiro atoms. The van der Waals surface area contributed by atoms with Crippen molar-refractivity contribution in [3.63, 3.8) is 0 Å². The molecule has 0 saturated carbocycles. The van der Waals surface area contributed by atoms with E-state index in [1.54, 1.807) is 36.4 Å². The number of rotatable bonds is 2. The first kappa shape index (κ1) is 12.2. The Kier molecular flexibility index (Phi) is 2.68. The number of amides is 3. The first-order valence-corrected chi connectivity index (χ1v) is 6.11. The molecular formula is C15H12N2O3. The molecule has 1 atom stereocenters. The van der Waals surface area contributed by atoms with Gasteiger partial charge >= 0.3 is 6.03 Å². The minimum Gasteiger partial charge on any atom is -0.508 e. The number of phenols is 1. The highest BCUT2D eigenvalue weighted by Gasteiger charge is 2.49. The molecule has 1 aliphatic rings. The minimum atomic E-state index is -1.31. The fourth-order valence-corrected chi connectivity index (χ4v) is 2.46. The van der Waals surface area contributed by atoms with E-state index in [1.165, 1.54) is 12.1 Å². The van der Waals surface area contributed by atoms with Crippen LogP contribution in [0.3, 0.4) is 0 Å². The molecule has 2 aromatic carbocycles. The molecule has 1 heterocycles. The number of carbonyl (C=O) groups excluding carboxylic acids is 2. The van der Waals surface area contributed by atoms with E-state index in [2.05, 4.69) is 10.6 Å².